The molecule has 12 heavy (non-hydrogen) atoms. The molecular weight excluding hydrogens is 148 g/mol. The van der Waals surface area contributed by atoms with E-state index < -0.39 is 0 Å². The Balaban J connectivity index is 2.18. The van der Waals surface area contributed by atoms with Crippen molar-refractivity contribution in [3.63, 3.8) is 0 Å². The van der Waals surface area contributed by atoms with Crippen LogP contribution in [0.2, 0.25) is 0 Å². The van der Waals surface area contributed by atoms with Crippen LogP contribution in [0.4, 0.5) is 0 Å². The Morgan fingerprint density at radius 3 is 2.25 bits per heavy atom. The van der Waals surface area contributed by atoms with E-state index in [1.807, 2.05) is 12.4 Å². The molecule has 0 spiro atoms. The van der Waals surface area contributed by atoms with Gasteiger partial charge in [0, 0.05) is 18.3 Å². The summed E-state index contributed by atoms with van der Waals surface area (Å²) in [6.07, 6.45) is 6.48. The molecule has 1 aliphatic rings. The monoisotopic (exact) mass is 162 g/mol. The van der Waals surface area contributed by atoms with E-state index in [-0.39, 0.29) is 0 Å². The second-order valence-corrected chi connectivity index (χ2v) is 3.80. The lowest BCUT2D eigenvalue weighted by molar-refractivity contribution is 0.822. The van der Waals surface area contributed by atoms with Crippen molar-refractivity contribution in [3.05, 3.63) is 23.8 Å². The van der Waals surface area contributed by atoms with Crippen LogP contribution in [0, 0.1) is 0 Å². The molecule has 2 nitrogen and oxygen atoms in total. The lowest BCUT2D eigenvalue weighted by atomic mass is 10.1. The molecule has 1 aliphatic carbocycles. The van der Waals surface area contributed by atoms with Gasteiger partial charge in [-0.1, -0.05) is 13.8 Å². The first-order valence-electron chi connectivity index (χ1n) is 4.59. The maximum Gasteiger partial charge on any atom is 0.131 e. The molecule has 1 aromatic heterocycles. The molecule has 0 aromatic carbocycles. The summed E-state index contributed by atoms with van der Waals surface area (Å²) >= 11 is 0. The van der Waals surface area contributed by atoms with Crippen LogP contribution in [-0.4, -0.2) is 9.97 Å². The summed E-state index contributed by atoms with van der Waals surface area (Å²) in [6, 6.07) is 0. The van der Waals surface area contributed by atoms with Crippen molar-refractivity contribution in [3.8, 4) is 0 Å². The Morgan fingerprint density at radius 2 is 1.83 bits per heavy atom. The second-order valence-electron chi connectivity index (χ2n) is 3.80. The Kier molecular flexibility index (Phi) is 1.83. The van der Waals surface area contributed by atoms with Gasteiger partial charge in [0.05, 0.1) is 0 Å². The van der Waals surface area contributed by atoms with Crippen molar-refractivity contribution in [2.45, 2.75) is 38.5 Å². The summed E-state index contributed by atoms with van der Waals surface area (Å²) in [4.78, 5) is 8.70. The minimum Gasteiger partial charge on any atom is -0.241 e. The fourth-order valence-corrected chi connectivity index (χ4v) is 1.20. The highest BCUT2D eigenvalue weighted by atomic mass is 14.9. The van der Waals surface area contributed by atoms with Crippen LogP contribution in [0.25, 0.3) is 0 Å². The van der Waals surface area contributed by atoms with Crippen LogP contribution in [0.5, 0.6) is 0 Å². The van der Waals surface area contributed by atoms with Crippen LogP contribution < -0.4 is 0 Å². The molecule has 1 aromatic rings. The first-order valence-corrected chi connectivity index (χ1v) is 4.59. The summed E-state index contributed by atoms with van der Waals surface area (Å²) < 4.78 is 0. The third-order valence-electron chi connectivity index (χ3n) is 2.30. The van der Waals surface area contributed by atoms with Crippen molar-refractivity contribution in [2.24, 2.45) is 0 Å². The highest BCUT2D eigenvalue weighted by Gasteiger charge is 2.26. The van der Waals surface area contributed by atoms with Gasteiger partial charge >= 0.3 is 0 Å². The normalized spacial score (nSPS) is 16.9. The van der Waals surface area contributed by atoms with E-state index in [0.717, 1.165) is 5.82 Å². The molecule has 1 saturated carbocycles. The largest absolute Gasteiger partial charge is 0.241 e. The summed E-state index contributed by atoms with van der Waals surface area (Å²) in [5.74, 6) is 2.25. The first-order chi connectivity index (χ1) is 5.77. The Bertz CT molecular complexity index is 239. The van der Waals surface area contributed by atoms with E-state index in [4.69, 9.17) is 0 Å². The van der Waals surface area contributed by atoms with Crippen molar-refractivity contribution < 1.29 is 0 Å². The minimum absolute atomic E-state index is 0.540. The Morgan fingerprint density at radius 1 is 1.25 bits per heavy atom. The lowest BCUT2D eigenvalue weighted by Gasteiger charge is -2.03. The van der Waals surface area contributed by atoms with E-state index >= 15 is 0 Å². The van der Waals surface area contributed by atoms with Crippen LogP contribution >= 0.6 is 0 Å². The molecule has 1 heterocycles. The summed E-state index contributed by atoms with van der Waals surface area (Å²) in [5, 5.41) is 0. The first kappa shape index (κ1) is 7.71. The number of hydrogen-bond donors (Lipinski definition) is 0. The van der Waals surface area contributed by atoms with Gasteiger partial charge in [0.25, 0.3) is 0 Å². The van der Waals surface area contributed by atoms with Gasteiger partial charge in [-0.25, -0.2) is 9.97 Å². The third kappa shape index (κ3) is 1.47. The molecule has 0 amide bonds. The average molecular weight is 162 g/mol. The molecule has 0 saturated heterocycles. The van der Waals surface area contributed by atoms with Gasteiger partial charge in [0.2, 0.25) is 0 Å². The van der Waals surface area contributed by atoms with E-state index in [2.05, 4.69) is 23.8 Å². The van der Waals surface area contributed by atoms with E-state index in [9.17, 15) is 0 Å². The SMILES string of the molecule is CC(C)c1cnc(C2CC2)nc1. The van der Waals surface area contributed by atoms with Gasteiger partial charge < -0.3 is 0 Å². The highest BCUT2D eigenvalue weighted by Crippen LogP contribution is 2.37. The number of nitrogens with zero attached hydrogens (tertiary/aromatic N) is 2. The molecule has 2 heteroatoms. The van der Waals surface area contributed by atoms with Crippen molar-refractivity contribution in [2.75, 3.05) is 0 Å². The van der Waals surface area contributed by atoms with E-state index in [1.54, 1.807) is 0 Å². The molecule has 64 valence electrons. The quantitative estimate of drug-likeness (QED) is 0.667. The molecule has 2 rings (SSSR count). The maximum atomic E-state index is 4.35. The zero-order valence-corrected chi connectivity index (χ0v) is 7.62. The summed E-state index contributed by atoms with van der Waals surface area (Å²) in [7, 11) is 0. The predicted octanol–water partition coefficient (Wildman–Crippen LogP) is 2.48. The van der Waals surface area contributed by atoms with Crippen LogP contribution in [0.15, 0.2) is 12.4 Å². The van der Waals surface area contributed by atoms with Gasteiger partial charge in [-0.15, -0.1) is 0 Å². The zero-order valence-electron chi connectivity index (χ0n) is 7.62. The number of rotatable bonds is 2. The van der Waals surface area contributed by atoms with Gasteiger partial charge in [0.15, 0.2) is 0 Å². The fraction of sp³-hybridized carbons (Fsp3) is 0.600. The molecule has 0 unspecified atom stereocenters. The van der Waals surface area contributed by atoms with Gasteiger partial charge in [-0.2, -0.15) is 0 Å². The highest BCUT2D eigenvalue weighted by molar-refractivity contribution is 5.13. The lowest BCUT2D eigenvalue weighted by Crippen LogP contribution is -1.95. The fourth-order valence-electron chi connectivity index (χ4n) is 1.20. The van der Waals surface area contributed by atoms with E-state index in [1.165, 1.54) is 18.4 Å². The van der Waals surface area contributed by atoms with E-state index in [0.29, 0.717) is 11.8 Å². The standard InChI is InChI=1S/C10H14N2/c1-7(2)9-5-11-10(12-6-9)8-3-4-8/h5-8H,3-4H2,1-2H3. The molecule has 0 aliphatic heterocycles. The smallest absolute Gasteiger partial charge is 0.131 e. The summed E-state index contributed by atoms with van der Waals surface area (Å²) in [6.45, 7) is 4.32. The average Bonchev–Trinajstić information content (AvgIpc) is 2.87. The topological polar surface area (TPSA) is 25.8 Å². The number of aromatic nitrogens is 2. The third-order valence-corrected chi connectivity index (χ3v) is 2.30. The molecule has 0 bridgehead atoms. The Hall–Kier alpha value is -0.920. The molecule has 0 atom stereocenters. The van der Waals surface area contributed by atoms with Crippen molar-refractivity contribution in [1.82, 2.24) is 9.97 Å². The van der Waals surface area contributed by atoms with Gasteiger partial charge in [-0.3, -0.25) is 0 Å². The van der Waals surface area contributed by atoms with Crippen molar-refractivity contribution >= 4 is 0 Å². The van der Waals surface area contributed by atoms with Crippen LogP contribution in [0.3, 0.4) is 0 Å². The van der Waals surface area contributed by atoms with Gasteiger partial charge in [0.1, 0.15) is 5.82 Å². The van der Waals surface area contributed by atoms with Crippen LogP contribution in [0.1, 0.15) is 49.9 Å². The van der Waals surface area contributed by atoms with Crippen LogP contribution in [-0.2, 0) is 0 Å². The predicted molar refractivity (Wildman–Crippen MR) is 48.1 cm³/mol. The van der Waals surface area contributed by atoms with Gasteiger partial charge in [-0.05, 0) is 24.3 Å². The molecule has 0 radical (unpaired) electrons. The zero-order chi connectivity index (χ0) is 8.55. The molecule has 0 N–H and O–H groups in total. The Labute approximate surface area is 73.1 Å². The number of hydrogen-bond acceptors (Lipinski definition) is 2. The minimum atomic E-state index is 0.540. The molecular formula is C10H14N2. The maximum absolute atomic E-state index is 4.35. The summed E-state index contributed by atoms with van der Waals surface area (Å²) in [5.41, 5.74) is 1.24. The second kappa shape index (κ2) is 2.85. The molecule has 1 fully saturated rings. The van der Waals surface area contributed by atoms with Crippen molar-refractivity contribution in [1.29, 1.82) is 0 Å².